The molecule has 21 heavy (non-hydrogen) atoms. The number of nitrogens with zero attached hydrogens (tertiary/aromatic N) is 2. The largest absolute Gasteiger partial charge is 0.508 e. The molecule has 2 aromatic heterocycles. The molecular weight excluding hydrogens is 268 g/mol. The summed E-state index contributed by atoms with van der Waals surface area (Å²) in [7, 11) is 0. The van der Waals surface area contributed by atoms with E-state index in [-0.39, 0.29) is 12.4 Å². The number of benzene rings is 1. The summed E-state index contributed by atoms with van der Waals surface area (Å²) in [4.78, 5) is 16.2. The van der Waals surface area contributed by atoms with Crippen LogP contribution in [0.2, 0.25) is 0 Å². The summed E-state index contributed by atoms with van der Waals surface area (Å²) in [5.74, 6) is -0.452. The van der Waals surface area contributed by atoms with Gasteiger partial charge in [0.1, 0.15) is 18.0 Å². The van der Waals surface area contributed by atoms with Gasteiger partial charge in [-0.2, -0.15) is 0 Å². The van der Waals surface area contributed by atoms with Crippen LogP contribution >= 0.6 is 0 Å². The van der Waals surface area contributed by atoms with Crippen molar-refractivity contribution in [3.05, 3.63) is 65.6 Å². The average molecular weight is 282 g/mol. The lowest BCUT2D eigenvalue weighted by atomic mass is 10.2. The second kappa shape index (κ2) is 5.28. The molecule has 0 aliphatic carbocycles. The van der Waals surface area contributed by atoms with Crippen LogP contribution in [0, 0.1) is 6.92 Å². The molecule has 1 aromatic carbocycles. The van der Waals surface area contributed by atoms with Crippen LogP contribution in [0.5, 0.6) is 5.75 Å². The van der Waals surface area contributed by atoms with Crippen molar-refractivity contribution in [3.8, 4) is 5.75 Å². The van der Waals surface area contributed by atoms with E-state index in [0.717, 1.165) is 11.2 Å². The van der Waals surface area contributed by atoms with Crippen LogP contribution < -0.4 is 0 Å². The van der Waals surface area contributed by atoms with E-state index in [4.69, 9.17) is 4.74 Å². The van der Waals surface area contributed by atoms with Crippen molar-refractivity contribution in [2.24, 2.45) is 0 Å². The van der Waals surface area contributed by atoms with Gasteiger partial charge in [0.05, 0.1) is 11.3 Å². The number of phenols is 1. The zero-order valence-electron chi connectivity index (χ0n) is 11.5. The Hall–Kier alpha value is -2.82. The molecule has 0 saturated heterocycles. The van der Waals surface area contributed by atoms with Crippen LogP contribution in [0.4, 0.5) is 0 Å². The van der Waals surface area contributed by atoms with Gasteiger partial charge in [-0.1, -0.05) is 12.1 Å². The molecule has 2 heterocycles. The molecule has 0 saturated carbocycles. The Balaban J connectivity index is 1.72. The maximum atomic E-state index is 11.9. The van der Waals surface area contributed by atoms with E-state index in [2.05, 4.69) is 4.98 Å². The first-order chi connectivity index (χ1) is 10.1. The molecule has 0 bridgehead atoms. The summed E-state index contributed by atoms with van der Waals surface area (Å²) in [5.41, 5.74) is 2.93. The van der Waals surface area contributed by atoms with Gasteiger partial charge in [-0.05, 0) is 36.8 Å². The molecule has 0 atom stereocenters. The number of rotatable bonds is 3. The summed E-state index contributed by atoms with van der Waals surface area (Å²) < 4.78 is 7.10. The van der Waals surface area contributed by atoms with Gasteiger partial charge in [-0.3, -0.25) is 0 Å². The monoisotopic (exact) mass is 282 g/mol. The summed E-state index contributed by atoms with van der Waals surface area (Å²) in [6.07, 6.45) is 3.79. The first-order valence-corrected chi connectivity index (χ1v) is 6.52. The predicted molar refractivity (Wildman–Crippen MR) is 77.2 cm³/mol. The molecule has 1 N–H and O–H groups in total. The molecule has 0 radical (unpaired) electrons. The molecule has 0 amide bonds. The zero-order valence-corrected chi connectivity index (χ0v) is 11.5. The molecule has 0 aliphatic rings. The standard InChI is InChI=1S/C16H14N2O3/c1-11-5-6-15-17-13(9-18(15)8-11)10-21-16(20)12-3-2-4-14(19)7-12/h2-9,19H,10H2,1H3. The average Bonchev–Trinajstić information content (AvgIpc) is 2.86. The third kappa shape index (κ3) is 2.86. The van der Waals surface area contributed by atoms with E-state index in [1.165, 1.54) is 12.1 Å². The molecule has 3 aromatic rings. The number of carbonyl (C=O) groups is 1. The van der Waals surface area contributed by atoms with Crippen molar-refractivity contribution in [2.75, 3.05) is 0 Å². The Labute approximate surface area is 121 Å². The number of esters is 1. The van der Waals surface area contributed by atoms with Gasteiger partial charge in [0.25, 0.3) is 0 Å². The number of phenolic OH excluding ortho intramolecular Hbond substituents is 1. The van der Waals surface area contributed by atoms with Gasteiger partial charge in [0, 0.05) is 12.4 Å². The fraction of sp³-hybridized carbons (Fsp3) is 0.125. The summed E-state index contributed by atoms with van der Waals surface area (Å²) in [6, 6.07) is 9.95. The van der Waals surface area contributed by atoms with E-state index in [0.29, 0.717) is 11.3 Å². The molecule has 0 fully saturated rings. The predicted octanol–water partition coefficient (Wildman–Crippen LogP) is 2.71. The summed E-state index contributed by atoms with van der Waals surface area (Å²) in [6.45, 7) is 2.09. The molecule has 0 aliphatic heterocycles. The first-order valence-electron chi connectivity index (χ1n) is 6.52. The van der Waals surface area contributed by atoms with E-state index in [1.807, 2.05) is 35.9 Å². The fourth-order valence-electron chi connectivity index (χ4n) is 2.08. The van der Waals surface area contributed by atoms with Crippen molar-refractivity contribution >= 4 is 11.6 Å². The second-order valence-corrected chi connectivity index (χ2v) is 4.83. The fourth-order valence-corrected chi connectivity index (χ4v) is 2.08. The third-order valence-electron chi connectivity index (χ3n) is 3.08. The number of hydrogen-bond donors (Lipinski definition) is 1. The molecule has 106 valence electrons. The molecule has 0 spiro atoms. The number of aromatic hydroxyl groups is 1. The van der Waals surface area contributed by atoms with Gasteiger partial charge < -0.3 is 14.2 Å². The number of hydrogen-bond acceptors (Lipinski definition) is 4. The van der Waals surface area contributed by atoms with Gasteiger partial charge in [0.15, 0.2) is 0 Å². The SMILES string of the molecule is Cc1ccc2nc(COC(=O)c3cccc(O)c3)cn2c1. The molecule has 3 rings (SSSR count). The number of ether oxygens (including phenoxy) is 1. The smallest absolute Gasteiger partial charge is 0.338 e. The van der Waals surface area contributed by atoms with Crippen LogP contribution in [0.1, 0.15) is 21.6 Å². The van der Waals surface area contributed by atoms with Crippen LogP contribution in [0.25, 0.3) is 5.65 Å². The van der Waals surface area contributed by atoms with Crippen LogP contribution in [-0.4, -0.2) is 20.5 Å². The van der Waals surface area contributed by atoms with Crippen molar-refractivity contribution in [3.63, 3.8) is 0 Å². The molecule has 0 unspecified atom stereocenters. The van der Waals surface area contributed by atoms with E-state index in [1.54, 1.807) is 12.1 Å². The molecule has 5 heteroatoms. The minimum Gasteiger partial charge on any atom is -0.508 e. The van der Waals surface area contributed by atoms with Gasteiger partial charge >= 0.3 is 5.97 Å². The van der Waals surface area contributed by atoms with E-state index in [9.17, 15) is 9.90 Å². The maximum absolute atomic E-state index is 11.9. The minimum absolute atomic E-state index is 0.0349. The van der Waals surface area contributed by atoms with Gasteiger partial charge in [-0.25, -0.2) is 9.78 Å². The summed E-state index contributed by atoms with van der Waals surface area (Å²) in [5, 5.41) is 9.35. The lowest BCUT2D eigenvalue weighted by Crippen LogP contribution is -2.05. The lowest BCUT2D eigenvalue weighted by Gasteiger charge is -2.02. The van der Waals surface area contributed by atoms with Gasteiger partial charge in [0.2, 0.25) is 0 Å². The molecular formula is C16H14N2O3. The maximum Gasteiger partial charge on any atom is 0.338 e. The van der Waals surface area contributed by atoms with E-state index < -0.39 is 5.97 Å². The van der Waals surface area contributed by atoms with Crippen LogP contribution in [-0.2, 0) is 11.3 Å². The first kappa shape index (κ1) is 13.2. The van der Waals surface area contributed by atoms with Crippen LogP contribution in [0.15, 0.2) is 48.8 Å². The van der Waals surface area contributed by atoms with Crippen molar-refractivity contribution in [1.29, 1.82) is 0 Å². The van der Waals surface area contributed by atoms with Crippen molar-refractivity contribution in [1.82, 2.24) is 9.38 Å². The minimum atomic E-state index is -0.487. The van der Waals surface area contributed by atoms with E-state index >= 15 is 0 Å². The zero-order chi connectivity index (χ0) is 14.8. The number of fused-ring (bicyclic) bond motifs is 1. The number of carbonyl (C=O) groups excluding carboxylic acids is 1. The highest BCUT2D eigenvalue weighted by Gasteiger charge is 2.09. The van der Waals surface area contributed by atoms with Gasteiger partial charge in [-0.15, -0.1) is 0 Å². The number of pyridine rings is 1. The summed E-state index contributed by atoms with van der Waals surface area (Å²) >= 11 is 0. The topological polar surface area (TPSA) is 63.8 Å². The lowest BCUT2D eigenvalue weighted by molar-refractivity contribution is 0.0468. The third-order valence-corrected chi connectivity index (χ3v) is 3.08. The number of aryl methyl sites for hydroxylation is 1. The second-order valence-electron chi connectivity index (χ2n) is 4.83. The quantitative estimate of drug-likeness (QED) is 0.750. The normalized spacial score (nSPS) is 10.7. The Morgan fingerprint density at radius 3 is 2.95 bits per heavy atom. The highest BCUT2D eigenvalue weighted by Crippen LogP contribution is 2.13. The highest BCUT2D eigenvalue weighted by atomic mass is 16.5. The van der Waals surface area contributed by atoms with Crippen LogP contribution in [0.3, 0.4) is 0 Å². The highest BCUT2D eigenvalue weighted by molar-refractivity contribution is 5.89. The molecule has 5 nitrogen and oxygen atoms in total. The number of aromatic nitrogens is 2. The van der Waals surface area contributed by atoms with Crippen molar-refractivity contribution in [2.45, 2.75) is 13.5 Å². The number of imidazole rings is 1. The Bertz CT molecular complexity index is 808. The Morgan fingerprint density at radius 2 is 2.14 bits per heavy atom. The van der Waals surface area contributed by atoms with Crippen molar-refractivity contribution < 1.29 is 14.6 Å². The Morgan fingerprint density at radius 1 is 1.29 bits per heavy atom. The Kier molecular flexibility index (Phi) is 3.31.